The number of hydrogen-bond acceptors (Lipinski definition) is 4. The SMILES string of the molecule is C=C(C)C(=O)OC1=CC(C)C(c2ccc(-c3ccc(OC(=O)C(=C)C)cc3)cc2F)C=C1. The molecule has 1 aliphatic rings. The van der Waals surface area contributed by atoms with Gasteiger partial charge in [-0.2, -0.15) is 0 Å². The van der Waals surface area contributed by atoms with E-state index < -0.39 is 11.9 Å². The molecule has 32 heavy (non-hydrogen) atoms. The minimum Gasteiger partial charge on any atom is -0.424 e. The quantitative estimate of drug-likeness (QED) is 0.307. The van der Waals surface area contributed by atoms with Crippen LogP contribution in [-0.4, -0.2) is 11.9 Å². The highest BCUT2D eigenvalue weighted by molar-refractivity contribution is 5.89. The summed E-state index contributed by atoms with van der Waals surface area (Å²) in [6.45, 7) is 12.2. The molecule has 2 atom stereocenters. The minimum absolute atomic E-state index is 0.0597. The van der Waals surface area contributed by atoms with Crippen LogP contribution in [0.2, 0.25) is 0 Å². The van der Waals surface area contributed by atoms with E-state index in [4.69, 9.17) is 9.47 Å². The first kappa shape index (κ1) is 22.9. The molecule has 0 heterocycles. The molecule has 0 aliphatic heterocycles. The number of carbonyl (C=O) groups excluding carboxylic acids is 2. The van der Waals surface area contributed by atoms with Crippen LogP contribution < -0.4 is 4.74 Å². The average molecular weight is 432 g/mol. The van der Waals surface area contributed by atoms with Crippen LogP contribution >= 0.6 is 0 Å². The highest BCUT2D eigenvalue weighted by Crippen LogP contribution is 2.35. The number of allylic oxidation sites excluding steroid dienone is 3. The van der Waals surface area contributed by atoms with Crippen LogP contribution in [0.3, 0.4) is 0 Å². The van der Waals surface area contributed by atoms with Crippen LogP contribution in [0.25, 0.3) is 11.1 Å². The van der Waals surface area contributed by atoms with Crippen molar-refractivity contribution in [2.45, 2.75) is 26.7 Å². The predicted octanol–water partition coefficient (Wildman–Crippen LogP) is 6.27. The summed E-state index contributed by atoms with van der Waals surface area (Å²) in [5.74, 6) is -0.702. The van der Waals surface area contributed by atoms with Crippen LogP contribution in [-0.2, 0) is 14.3 Å². The topological polar surface area (TPSA) is 52.6 Å². The Kier molecular flexibility index (Phi) is 6.89. The summed E-state index contributed by atoms with van der Waals surface area (Å²) in [5.41, 5.74) is 2.70. The molecule has 0 aromatic heterocycles. The zero-order valence-electron chi connectivity index (χ0n) is 18.4. The van der Waals surface area contributed by atoms with E-state index in [0.717, 1.165) is 5.56 Å². The molecule has 2 aromatic carbocycles. The Morgan fingerprint density at radius 1 is 0.906 bits per heavy atom. The maximum atomic E-state index is 15.0. The van der Waals surface area contributed by atoms with Gasteiger partial charge in [0.15, 0.2) is 0 Å². The molecule has 0 spiro atoms. The number of hydrogen-bond donors (Lipinski definition) is 0. The predicted molar refractivity (Wildman–Crippen MR) is 122 cm³/mol. The molecule has 0 saturated heterocycles. The number of carbonyl (C=O) groups is 2. The Morgan fingerprint density at radius 3 is 2.06 bits per heavy atom. The molecule has 2 aromatic rings. The van der Waals surface area contributed by atoms with Gasteiger partial charge in [0, 0.05) is 17.1 Å². The second kappa shape index (κ2) is 9.60. The van der Waals surface area contributed by atoms with Crippen molar-refractivity contribution in [3.63, 3.8) is 0 Å². The fourth-order valence-electron chi connectivity index (χ4n) is 3.33. The van der Waals surface area contributed by atoms with E-state index in [1.54, 1.807) is 50.3 Å². The minimum atomic E-state index is -0.491. The fourth-order valence-corrected chi connectivity index (χ4v) is 3.33. The Morgan fingerprint density at radius 2 is 1.50 bits per heavy atom. The lowest BCUT2D eigenvalue weighted by Gasteiger charge is -2.24. The van der Waals surface area contributed by atoms with Crippen molar-refractivity contribution in [1.29, 1.82) is 0 Å². The molecule has 0 N–H and O–H groups in total. The molecular formula is C27H25FO4. The second-order valence-corrected chi connectivity index (χ2v) is 7.91. The summed E-state index contributed by atoms with van der Waals surface area (Å²) >= 11 is 0. The second-order valence-electron chi connectivity index (χ2n) is 7.91. The molecule has 0 bridgehead atoms. The van der Waals surface area contributed by atoms with Gasteiger partial charge < -0.3 is 9.47 Å². The van der Waals surface area contributed by atoms with Crippen molar-refractivity contribution >= 4 is 11.9 Å². The van der Waals surface area contributed by atoms with Crippen molar-refractivity contribution in [2.75, 3.05) is 0 Å². The third-order valence-electron chi connectivity index (χ3n) is 5.13. The maximum absolute atomic E-state index is 15.0. The highest BCUT2D eigenvalue weighted by atomic mass is 19.1. The van der Waals surface area contributed by atoms with Crippen LogP contribution in [0.4, 0.5) is 4.39 Å². The number of benzene rings is 2. The molecule has 3 rings (SSSR count). The third-order valence-corrected chi connectivity index (χ3v) is 5.13. The first-order valence-electron chi connectivity index (χ1n) is 10.2. The monoisotopic (exact) mass is 432 g/mol. The number of halogens is 1. The van der Waals surface area contributed by atoms with E-state index in [1.807, 2.05) is 25.1 Å². The van der Waals surface area contributed by atoms with Gasteiger partial charge in [0.1, 0.15) is 17.3 Å². The summed E-state index contributed by atoms with van der Waals surface area (Å²) in [6.07, 6.45) is 5.34. The van der Waals surface area contributed by atoms with Crippen molar-refractivity contribution in [2.24, 2.45) is 5.92 Å². The van der Waals surface area contributed by atoms with Gasteiger partial charge in [0.25, 0.3) is 0 Å². The summed E-state index contributed by atoms with van der Waals surface area (Å²) in [6, 6.07) is 12.0. The lowest BCUT2D eigenvalue weighted by Crippen LogP contribution is -2.13. The normalized spacial score (nSPS) is 17.3. The number of ether oxygens (including phenoxy) is 2. The van der Waals surface area contributed by atoms with Crippen molar-refractivity contribution in [3.05, 3.63) is 102 Å². The van der Waals surface area contributed by atoms with E-state index in [9.17, 15) is 9.59 Å². The lowest BCUT2D eigenvalue weighted by molar-refractivity contribution is -0.134. The third kappa shape index (κ3) is 5.30. The van der Waals surface area contributed by atoms with Gasteiger partial charge in [-0.1, -0.05) is 50.4 Å². The van der Waals surface area contributed by atoms with Gasteiger partial charge in [-0.05, 0) is 66.8 Å². The molecule has 164 valence electrons. The van der Waals surface area contributed by atoms with E-state index in [1.165, 1.54) is 6.07 Å². The Bertz CT molecular complexity index is 1140. The van der Waals surface area contributed by atoms with E-state index >= 15 is 4.39 Å². The molecule has 0 radical (unpaired) electrons. The largest absolute Gasteiger partial charge is 0.424 e. The van der Waals surface area contributed by atoms with Crippen molar-refractivity contribution < 1.29 is 23.5 Å². The van der Waals surface area contributed by atoms with Crippen LogP contribution in [0.15, 0.2) is 90.8 Å². The number of esters is 2. The van der Waals surface area contributed by atoms with Gasteiger partial charge in [-0.3, -0.25) is 0 Å². The van der Waals surface area contributed by atoms with Gasteiger partial charge in [-0.15, -0.1) is 0 Å². The smallest absolute Gasteiger partial charge is 0.338 e. The molecule has 2 unspecified atom stereocenters. The van der Waals surface area contributed by atoms with Gasteiger partial charge in [0.05, 0.1) is 0 Å². The van der Waals surface area contributed by atoms with E-state index in [-0.39, 0.29) is 17.7 Å². The van der Waals surface area contributed by atoms with Crippen molar-refractivity contribution in [1.82, 2.24) is 0 Å². The maximum Gasteiger partial charge on any atom is 0.338 e. The highest BCUT2D eigenvalue weighted by Gasteiger charge is 2.23. The van der Waals surface area contributed by atoms with Crippen LogP contribution in [0, 0.1) is 11.7 Å². The Hall–Kier alpha value is -3.73. The van der Waals surface area contributed by atoms with Gasteiger partial charge >= 0.3 is 11.9 Å². The molecule has 0 amide bonds. The molecular weight excluding hydrogens is 407 g/mol. The molecule has 0 saturated carbocycles. The van der Waals surface area contributed by atoms with Crippen LogP contribution in [0.1, 0.15) is 32.3 Å². The standard InChI is InChI=1S/C27H25FO4/c1-16(2)26(29)31-21-9-6-19(7-10-21)20-8-12-24(25(28)15-20)23-13-11-22(14-18(23)5)32-27(30)17(3)4/h6-15,18,23H,1,3H2,2,4-5H3. The Balaban J connectivity index is 1.75. The zero-order valence-corrected chi connectivity index (χ0v) is 18.4. The fraction of sp³-hybridized carbons (Fsp3) is 0.185. The Labute approximate surface area is 187 Å². The summed E-state index contributed by atoms with van der Waals surface area (Å²) in [5, 5.41) is 0. The summed E-state index contributed by atoms with van der Waals surface area (Å²) in [4.78, 5) is 23.3. The first-order valence-corrected chi connectivity index (χ1v) is 10.2. The zero-order chi connectivity index (χ0) is 23.4. The first-order chi connectivity index (χ1) is 15.2. The molecule has 1 aliphatic carbocycles. The molecule has 5 heteroatoms. The van der Waals surface area contributed by atoms with E-state index in [0.29, 0.717) is 33.8 Å². The molecule has 4 nitrogen and oxygen atoms in total. The van der Waals surface area contributed by atoms with Crippen molar-refractivity contribution in [3.8, 4) is 16.9 Å². The lowest BCUT2D eigenvalue weighted by atomic mass is 9.83. The summed E-state index contributed by atoms with van der Waals surface area (Å²) in [7, 11) is 0. The number of rotatable bonds is 6. The molecule has 0 fully saturated rings. The van der Waals surface area contributed by atoms with E-state index in [2.05, 4.69) is 13.2 Å². The van der Waals surface area contributed by atoms with Gasteiger partial charge in [-0.25, -0.2) is 14.0 Å². The van der Waals surface area contributed by atoms with Gasteiger partial charge in [0.2, 0.25) is 0 Å². The summed E-state index contributed by atoms with van der Waals surface area (Å²) < 4.78 is 25.5. The average Bonchev–Trinajstić information content (AvgIpc) is 2.74. The van der Waals surface area contributed by atoms with Crippen LogP contribution in [0.5, 0.6) is 5.75 Å².